The van der Waals surface area contributed by atoms with E-state index < -0.39 is 31.4 Å². The number of ether oxygens (including phenoxy) is 2. The molecule has 0 aliphatic carbocycles. The highest BCUT2D eigenvalue weighted by molar-refractivity contribution is 8.13. The van der Waals surface area contributed by atoms with Crippen LogP contribution in [-0.4, -0.2) is 77.1 Å². The van der Waals surface area contributed by atoms with Crippen molar-refractivity contribution >= 4 is 42.8 Å². The second-order valence-corrected chi connectivity index (χ2v) is 11.0. The third-order valence-corrected chi connectivity index (χ3v) is 8.13. The average molecular weight is 516 g/mol. The second-order valence-electron chi connectivity index (χ2n) is 7.46. The van der Waals surface area contributed by atoms with E-state index in [0.29, 0.717) is 18.6 Å². The van der Waals surface area contributed by atoms with Gasteiger partial charge in [-0.3, -0.25) is 18.9 Å². The molecule has 0 bridgehead atoms. The van der Waals surface area contributed by atoms with Crippen molar-refractivity contribution in [3.05, 3.63) is 35.9 Å². The fourth-order valence-electron chi connectivity index (χ4n) is 3.21. The summed E-state index contributed by atoms with van der Waals surface area (Å²) in [5.41, 5.74) is 0.870. The van der Waals surface area contributed by atoms with Gasteiger partial charge in [-0.05, 0) is 25.3 Å². The molecule has 2 unspecified atom stereocenters. The maximum atomic E-state index is 13.1. The first-order chi connectivity index (χ1) is 16.2. The number of carbonyl (C=O) groups excluding carboxylic acids is 4. The Kier molecular flexibility index (Phi) is 11.4. The van der Waals surface area contributed by atoms with Crippen LogP contribution in [-0.2, 0) is 30.0 Å². The van der Waals surface area contributed by atoms with Gasteiger partial charge in [0, 0.05) is 18.3 Å². The Balaban J connectivity index is 1.92. The molecule has 3 amide bonds. The molecule has 11 nitrogen and oxygen atoms in total. The first kappa shape index (κ1) is 27.7. The molecule has 3 N–H and O–H groups in total. The van der Waals surface area contributed by atoms with Crippen molar-refractivity contribution < 1.29 is 38.1 Å². The largest absolute Gasteiger partial charge is 0.466 e. The molecule has 1 aliphatic rings. The molecule has 0 aromatic heterocycles. The number of amides is 3. The lowest BCUT2D eigenvalue weighted by molar-refractivity contribution is -0.143. The predicted octanol–water partition coefficient (Wildman–Crippen LogP) is 2.14. The normalized spacial score (nSPS) is 17.7. The fourth-order valence-corrected chi connectivity index (χ4v) is 5.74. The van der Waals surface area contributed by atoms with Gasteiger partial charge in [-0.15, -0.1) is 0 Å². The smallest absolute Gasteiger partial charge is 0.407 e. The Morgan fingerprint density at radius 1 is 1.35 bits per heavy atom. The van der Waals surface area contributed by atoms with Crippen LogP contribution in [0.3, 0.4) is 0 Å². The highest BCUT2D eigenvalue weighted by atomic mass is 32.2. The van der Waals surface area contributed by atoms with E-state index in [0.717, 1.165) is 17.3 Å². The number of rotatable bonds is 14. The van der Waals surface area contributed by atoms with E-state index in [9.17, 15) is 28.6 Å². The molecule has 0 radical (unpaired) electrons. The van der Waals surface area contributed by atoms with Crippen molar-refractivity contribution in [2.75, 3.05) is 31.7 Å². The van der Waals surface area contributed by atoms with Gasteiger partial charge in [-0.25, -0.2) is 4.79 Å². The zero-order valence-electron chi connectivity index (χ0n) is 18.9. The number of aryl methyl sites for hydroxylation is 1. The van der Waals surface area contributed by atoms with Crippen LogP contribution >= 0.6 is 19.1 Å². The van der Waals surface area contributed by atoms with Gasteiger partial charge in [0.15, 0.2) is 0 Å². The standard InChI is InChI=1S/C21H30N3O8PS/c1-2-31-19(26)9-8-18(33(29,30)13-10-16-6-4-3-5-7-16)23-20(27)32-12-11-24(15-25)17-14-34-21(28)22-17/h3-7,15,17-18H,2,8-14H2,1H3,(H,22,28)(H,23,27)(H,29,30)/t17-,18?/m1/s1. The van der Waals surface area contributed by atoms with Crippen molar-refractivity contribution in [1.82, 2.24) is 15.5 Å². The number of alkyl carbamates (subject to hydrolysis) is 1. The molecule has 1 aromatic carbocycles. The fraction of sp³-hybridized carbons (Fsp3) is 0.524. The molecule has 1 aromatic rings. The van der Waals surface area contributed by atoms with Gasteiger partial charge in [0.2, 0.25) is 13.8 Å². The van der Waals surface area contributed by atoms with Crippen molar-refractivity contribution in [2.24, 2.45) is 0 Å². The quantitative estimate of drug-likeness (QED) is 0.192. The van der Waals surface area contributed by atoms with Gasteiger partial charge in [0.25, 0.3) is 5.24 Å². The average Bonchev–Trinajstić information content (AvgIpc) is 3.25. The summed E-state index contributed by atoms with van der Waals surface area (Å²) < 4.78 is 23.0. The summed E-state index contributed by atoms with van der Waals surface area (Å²) in [4.78, 5) is 58.6. The minimum atomic E-state index is -3.91. The number of carbonyl (C=O) groups is 4. The number of thioether (sulfide) groups is 1. The van der Waals surface area contributed by atoms with Crippen molar-refractivity contribution in [2.45, 2.75) is 38.1 Å². The molecule has 34 heavy (non-hydrogen) atoms. The first-order valence-corrected chi connectivity index (χ1v) is 13.7. The molecule has 1 fully saturated rings. The van der Waals surface area contributed by atoms with E-state index in [1.165, 1.54) is 4.90 Å². The van der Waals surface area contributed by atoms with Gasteiger partial charge in [-0.1, -0.05) is 42.1 Å². The number of benzene rings is 1. The second kappa shape index (κ2) is 14.0. The summed E-state index contributed by atoms with van der Waals surface area (Å²) in [5.74, 6) is -1.36. The van der Waals surface area contributed by atoms with Gasteiger partial charge in [-0.2, -0.15) is 0 Å². The van der Waals surface area contributed by atoms with Gasteiger partial charge >= 0.3 is 12.1 Å². The molecule has 1 heterocycles. The Morgan fingerprint density at radius 2 is 2.09 bits per heavy atom. The van der Waals surface area contributed by atoms with E-state index in [2.05, 4.69) is 10.6 Å². The minimum Gasteiger partial charge on any atom is -0.466 e. The first-order valence-electron chi connectivity index (χ1n) is 10.8. The minimum absolute atomic E-state index is 0.0285. The van der Waals surface area contributed by atoms with Gasteiger partial charge in [0.05, 0.1) is 13.2 Å². The lowest BCUT2D eigenvalue weighted by atomic mass is 10.2. The molecule has 13 heteroatoms. The van der Waals surface area contributed by atoms with Crippen molar-refractivity contribution in [1.29, 1.82) is 0 Å². The number of hydrogen-bond donors (Lipinski definition) is 3. The molecular weight excluding hydrogens is 485 g/mol. The zero-order valence-corrected chi connectivity index (χ0v) is 20.6. The Morgan fingerprint density at radius 3 is 2.71 bits per heavy atom. The molecule has 2 rings (SSSR count). The predicted molar refractivity (Wildman–Crippen MR) is 127 cm³/mol. The van der Waals surface area contributed by atoms with Crippen LogP contribution in [0.1, 0.15) is 25.3 Å². The van der Waals surface area contributed by atoms with E-state index in [1.807, 2.05) is 30.3 Å². The molecule has 188 valence electrons. The monoisotopic (exact) mass is 515 g/mol. The van der Waals surface area contributed by atoms with Crippen LogP contribution in [0.5, 0.6) is 0 Å². The van der Waals surface area contributed by atoms with Crippen LogP contribution in [0.4, 0.5) is 9.59 Å². The molecule has 0 spiro atoms. The number of nitrogens with one attached hydrogen (secondary N) is 2. The number of esters is 1. The summed E-state index contributed by atoms with van der Waals surface area (Å²) in [7, 11) is -3.91. The van der Waals surface area contributed by atoms with Crippen molar-refractivity contribution in [3.63, 3.8) is 0 Å². The molecule has 3 atom stereocenters. The van der Waals surface area contributed by atoms with Crippen molar-refractivity contribution in [3.8, 4) is 0 Å². The molecular formula is C21H30N3O8PS. The van der Waals surface area contributed by atoms with Crippen LogP contribution in [0.2, 0.25) is 0 Å². The summed E-state index contributed by atoms with van der Waals surface area (Å²) in [6, 6.07) is 9.15. The summed E-state index contributed by atoms with van der Waals surface area (Å²) in [6.45, 7) is 1.67. The topological polar surface area (TPSA) is 151 Å². The highest BCUT2D eigenvalue weighted by Gasteiger charge is 2.33. The number of hydrogen-bond acceptors (Lipinski definition) is 8. The van der Waals surface area contributed by atoms with Crippen LogP contribution in [0.15, 0.2) is 30.3 Å². The SMILES string of the molecule is CCOC(=O)CCC(NC(=O)OCCN(C=O)[C@@H]1CSC(=O)N1)P(=O)(O)CCc1ccccc1. The Hall–Kier alpha value is -2.56. The third-order valence-electron chi connectivity index (χ3n) is 5.04. The van der Waals surface area contributed by atoms with Gasteiger partial charge in [0.1, 0.15) is 18.6 Å². The molecule has 1 saturated heterocycles. The van der Waals surface area contributed by atoms with E-state index in [1.54, 1.807) is 6.92 Å². The Labute approximate surface area is 202 Å². The zero-order chi connectivity index (χ0) is 25.0. The summed E-state index contributed by atoms with van der Waals surface area (Å²) in [5, 5.41) is 4.76. The summed E-state index contributed by atoms with van der Waals surface area (Å²) >= 11 is 1.05. The van der Waals surface area contributed by atoms with Crippen LogP contribution < -0.4 is 10.6 Å². The lowest BCUT2D eigenvalue weighted by Gasteiger charge is -2.25. The highest BCUT2D eigenvalue weighted by Crippen LogP contribution is 2.47. The third kappa shape index (κ3) is 9.36. The number of nitrogens with zero attached hydrogens (tertiary/aromatic N) is 1. The van der Waals surface area contributed by atoms with E-state index in [-0.39, 0.29) is 44.0 Å². The summed E-state index contributed by atoms with van der Waals surface area (Å²) in [6.07, 6.45) is -0.905. The van der Waals surface area contributed by atoms with E-state index >= 15 is 0 Å². The van der Waals surface area contributed by atoms with Crippen LogP contribution in [0.25, 0.3) is 0 Å². The van der Waals surface area contributed by atoms with Crippen LogP contribution in [0, 0.1) is 0 Å². The lowest BCUT2D eigenvalue weighted by Crippen LogP contribution is -2.45. The maximum absolute atomic E-state index is 13.1. The van der Waals surface area contributed by atoms with Gasteiger partial charge < -0.3 is 29.9 Å². The van der Waals surface area contributed by atoms with E-state index in [4.69, 9.17) is 9.47 Å². The Bertz CT molecular complexity index is 888. The molecule has 0 saturated carbocycles. The maximum Gasteiger partial charge on any atom is 0.407 e. The molecule has 1 aliphatic heterocycles.